The van der Waals surface area contributed by atoms with Gasteiger partial charge in [0.05, 0.1) is 6.61 Å². The molecule has 110 valence electrons. The molecule has 1 unspecified atom stereocenters. The van der Waals surface area contributed by atoms with Crippen molar-refractivity contribution in [1.29, 1.82) is 0 Å². The summed E-state index contributed by atoms with van der Waals surface area (Å²) in [4.78, 5) is 10.7. The molecule has 1 aliphatic rings. The van der Waals surface area contributed by atoms with E-state index in [9.17, 15) is 4.79 Å². The Morgan fingerprint density at radius 1 is 1.45 bits per heavy atom. The Labute approximate surface area is 117 Å². The molecule has 3 N–H and O–H groups in total. The minimum Gasteiger partial charge on any atom is -0.486 e. The van der Waals surface area contributed by atoms with Crippen LogP contribution in [-0.2, 0) is 16.1 Å². The summed E-state index contributed by atoms with van der Waals surface area (Å²) < 4.78 is 16.4. The van der Waals surface area contributed by atoms with Crippen molar-refractivity contribution in [3.8, 4) is 11.5 Å². The van der Waals surface area contributed by atoms with Gasteiger partial charge < -0.3 is 25.1 Å². The summed E-state index contributed by atoms with van der Waals surface area (Å²) in [7, 11) is 1.59. The minimum absolute atomic E-state index is 0.0298. The molecule has 2 rings (SSSR count). The van der Waals surface area contributed by atoms with Crippen LogP contribution in [0.3, 0.4) is 0 Å². The molecule has 1 atom stereocenters. The standard InChI is InChI=1S/C14H19NO5/c1-18-8-10-9(11(15)3-5-13(16)17)2-4-12-14(10)20-7-6-19-12/h2,4,11H,3,5-8,15H2,1H3,(H,16,17). The molecule has 0 fully saturated rings. The first kappa shape index (κ1) is 14.6. The van der Waals surface area contributed by atoms with Crippen LogP contribution in [0.4, 0.5) is 0 Å². The summed E-state index contributed by atoms with van der Waals surface area (Å²) in [6.07, 6.45) is 0.397. The topological polar surface area (TPSA) is 91.0 Å². The molecule has 0 aromatic heterocycles. The lowest BCUT2D eigenvalue weighted by Gasteiger charge is -2.24. The van der Waals surface area contributed by atoms with Crippen LogP contribution in [0.5, 0.6) is 11.5 Å². The fourth-order valence-corrected chi connectivity index (χ4v) is 2.26. The Morgan fingerprint density at radius 2 is 2.20 bits per heavy atom. The van der Waals surface area contributed by atoms with Crippen LogP contribution >= 0.6 is 0 Å². The van der Waals surface area contributed by atoms with Crippen molar-refractivity contribution in [1.82, 2.24) is 0 Å². The largest absolute Gasteiger partial charge is 0.486 e. The number of nitrogens with two attached hydrogens (primary N) is 1. The predicted molar refractivity (Wildman–Crippen MR) is 71.9 cm³/mol. The van der Waals surface area contributed by atoms with Crippen LogP contribution in [0.15, 0.2) is 12.1 Å². The molecule has 0 saturated carbocycles. The fourth-order valence-electron chi connectivity index (χ4n) is 2.26. The van der Waals surface area contributed by atoms with Gasteiger partial charge in [-0.3, -0.25) is 4.79 Å². The van der Waals surface area contributed by atoms with Gasteiger partial charge in [0.25, 0.3) is 0 Å². The normalized spacial score (nSPS) is 14.9. The average molecular weight is 281 g/mol. The maximum atomic E-state index is 10.7. The molecular formula is C14H19NO5. The molecule has 1 aromatic carbocycles. The highest BCUT2D eigenvalue weighted by atomic mass is 16.6. The van der Waals surface area contributed by atoms with E-state index in [0.29, 0.717) is 37.7 Å². The highest BCUT2D eigenvalue weighted by Crippen LogP contribution is 2.38. The van der Waals surface area contributed by atoms with Gasteiger partial charge in [-0.25, -0.2) is 0 Å². The highest BCUT2D eigenvalue weighted by molar-refractivity contribution is 5.66. The zero-order valence-corrected chi connectivity index (χ0v) is 11.4. The second-order valence-electron chi connectivity index (χ2n) is 4.63. The van der Waals surface area contributed by atoms with Gasteiger partial charge in [-0.1, -0.05) is 6.07 Å². The van der Waals surface area contributed by atoms with Crippen molar-refractivity contribution in [2.75, 3.05) is 20.3 Å². The number of carboxylic acid groups (broad SMARTS) is 1. The monoisotopic (exact) mass is 281 g/mol. The lowest BCUT2D eigenvalue weighted by atomic mass is 9.96. The van der Waals surface area contributed by atoms with E-state index in [1.54, 1.807) is 7.11 Å². The maximum Gasteiger partial charge on any atom is 0.303 e. The van der Waals surface area contributed by atoms with Crippen molar-refractivity contribution in [2.45, 2.75) is 25.5 Å². The number of fused-ring (bicyclic) bond motifs is 1. The summed E-state index contributed by atoms with van der Waals surface area (Å²) in [5.74, 6) is 0.477. The molecule has 0 saturated heterocycles. The third-order valence-corrected chi connectivity index (χ3v) is 3.21. The van der Waals surface area contributed by atoms with Gasteiger partial charge in [0, 0.05) is 25.1 Å². The number of aliphatic carboxylic acids is 1. The van der Waals surface area contributed by atoms with Gasteiger partial charge in [0.2, 0.25) is 0 Å². The number of carboxylic acids is 1. The Kier molecular flexibility index (Phi) is 4.81. The first-order valence-electron chi connectivity index (χ1n) is 6.51. The quantitative estimate of drug-likeness (QED) is 0.820. The van der Waals surface area contributed by atoms with E-state index in [0.717, 1.165) is 11.1 Å². The Balaban J connectivity index is 2.29. The molecule has 1 aromatic rings. The smallest absolute Gasteiger partial charge is 0.303 e. The second kappa shape index (κ2) is 6.58. The molecule has 0 aliphatic carbocycles. The van der Waals surface area contributed by atoms with Crippen molar-refractivity contribution < 1.29 is 24.1 Å². The summed E-state index contributed by atoms with van der Waals surface area (Å²) in [5.41, 5.74) is 7.77. The van der Waals surface area contributed by atoms with Gasteiger partial charge in [-0.2, -0.15) is 0 Å². The molecule has 0 bridgehead atoms. The van der Waals surface area contributed by atoms with E-state index in [1.807, 2.05) is 12.1 Å². The van der Waals surface area contributed by atoms with E-state index in [2.05, 4.69) is 0 Å². The number of benzene rings is 1. The molecule has 0 radical (unpaired) electrons. The number of rotatable bonds is 6. The number of hydrogen-bond acceptors (Lipinski definition) is 5. The molecule has 6 nitrogen and oxygen atoms in total. The van der Waals surface area contributed by atoms with Crippen LogP contribution in [0.2, 0.25) is 0 Å². The van der Waals surface area contributed by atoms with E-state index >= 15 is 0 Å². The van der Waals surface area contributed by atoms with Gasteiger partial charge in [-0.15, -0.1) is 0 Å². The number of methoxy groups -OCH3 is 1. The molecule has 20 heavy (non-hydrogen) atoms. The summed E-state index contributed by atoms with van der Waals surface area (Å²) in [6, 6.07) is 3.30. The first-order valence-corrected chi connectivity index (χ1v) is 6.51. The van der Waals surface area contributed by atoms with Gasteiger partial charge in [0.1, 0.15) is 13.2 Å². The third kappa shape index (κ3) is 3.20. The van der Waals surface area contributed by atoms with Crippen LogP contribution in [0.1, 0.15) is 30.0 Å². The summed E-state index contributed by atoms with van der Waals surface area (Å²) in [5, 5.41) is 8.75. The molecule has 1 heterocycles. The second-order valence-corrected chi connectivity index (χ2v) is 4.63. The number of ether oxygens (including phenoxy) is 3. The van der Waals surface area contributed by atoms with Gasteiger partial charge in [0.15, 0.2) is 11.5 Å². The van der Waals surface area contributed by atoms with Crippen LogP contribution < -0.4 is 15.2 Å². The summed E-state index contributed by atoms with van der Waals surface area (Å²) >= 11 is 0. The molecule has 1 aliphatic heterocycles. The predicted octanol–water partition coefficient (Wildman–Crippen LogP) is 1.47. The lowest BCUT2D eigenvalue weighted by molar-refractivity contribution is -0.137. The van der Waals surface area contributed by atoms with Crippen molar-refractivity contribution in [3.05, 3.63) is 23.3 Å². The minimum atomic E-state index is -0.855. The van der Waals surface area contributed by atoms with Crippen LogP contribution in [0, 0.1) is 0 Å². The first-order chi connectivity index (χ1) is 9.63. The van der Waals surface area contributed by atoms with E-state index in [4.69, 9.17) is 25.1 Å². The van der Waals surface area contributed by atoms with Crippen molar-refractivity contribution >= 4 is 5.97 Å². The molecule has 0 spiro atoms. The van der Waals surface area contributed by atoms with E-state index in [1.165, 1.54) is 0 Å². The van der Waals surface area contributed by atoms with Crippen molar-refractivity contribution in [2.24, 2.45) is 5.73 Å². The maximum absolute atomic E-state index is 10.7. The molecular weight excluding hydrogens is 262 g/mol. The van der Waals surface area contributed by atoms with E-state index < -0.39 is 5.97 Å². The zero-order valence-electron chi connectivity index (χ0n) is 11.4. The SMILES string of the molecule is COCc1c(C(N)CCC(=O)O)ccc2c1OCCO2. The Morgan fingerprint density at radius 3 is 2.90 bits per heavy atom. The molecule has 0 amide bonds. The van der Waals surface area contributed by atoms with Gasteiger partial charge in [-0.05, 0) is 18.1 Å². The van der Waals surface area contributed by atoms with Crippen LogP contribution in [-0.4, -0.2) is 31.4 Å². The Hall–Kier alpha value is -1.79. The number of hydrogen-bond donors (Lipinski definition) is 2. The van der Waals surface area contributed by atoms with Crippen molar-refractivity contribution in [3.63, 3.8) is 0 Å². The molecule has 6 heteroatoms. The number of carbonyl (C=O) groups is 1. The fraction of sp³-hybridized carbons (Fsp3) is 0.500. The highest BCUT2D eigenvalue weighted by Gasteiger charge is 2.22. The third-order valence-electron chi connectivity index (χ3n) is 3.21. The Bertz CT molecular complexity index is 489. The summed E-state index contributed by atoms with van der Waals surface area (Å²) in [6.45, 7) is 1.35. The average Bonchev–Trinajstić information content (AvgIpc) is 2.45. The van der Waals surface area contributed by atoms with Crippen LogP contribution in [0.25, 0.3) is 0 Å². The van der Waals surface area contributed by atoms with Gasteiger partial charge >= 0.3 is 5.97 Å². The lowest BCUT2D eigenvalue weighted by Crippen LogP contribution is -2.20. The zero-order chi connectivity index (χ0) is 14.5. The van der Waals surface area contributed by atoms with E-state index in [-0.39, 0.29) is 12.5 Å².